The third-order valence-corrected chi connectivity index (χ3v) is 6.39. The minimum absolute atomic E-state index is 0.0665. The van der Waals surface area contributed by atoms with Gasteiger partial charge in [0.1, 0.15) is 5.82 Å². The Hall–Kier alpha value is -3.15. The van der Waals surface area contributed by atoms with E-state index in [0.717, 1.165) is 60.2 Å². The van der Waals surface area contributed by atoms with Crippen molar-refractivity contribution in [3.05, 3.63) is 48.0 Å². The van der Waals surface area contributed by atoms with Crippen molar-refractivity contribution in [2.45, 2.75) is 78.7 Å². The number of imidazole rings is 1. The molecule has 0 spiro atoms. The Morgan fingerprint density at radius 1 is 1.03 bits per heavy atom. The normalized spacial score (nSPS) is 14.4. The summed E-state index contributed by atoms with van der Waals surface area (Å²) in [7, 11) is 0. The Morgan fingerprint density at radius 3 is 2.32 bits per heavy atom. The minimum Gasteiger partial charge on any atom is -0.350 e. The zero-order valence-corrected chi connectivity index (χ0v) is 20.9. The number of amides is 2. The molecule has 0 bridgehead atoms. The number of benzene rings is 2. The van der Waals surface area contributed by atoms with Gasteiger partial charge in [-0.1, -0.05) is 58.6 Å². The first-order valence-corrected chi connectivity index (χ1v) is 12.7. The van der Waals surface area contributed by atoms with Crippen molar-refractivity contribution in [1.82, 2.24) is 15.3 Å². The number of nitrogens with one attached hydrogen (secondary N) is 3. The monoisotopic (exact) mass is 462 g/mol. The molecule has 1 aromatic heterocycles. The molecule has 6 heteroatoms. The van der Waals surface area contributed by atoms with Crippen LogP contribution >= 0.6 is 0 Å². The predicted octanol–water partition coefficient (Wildman–Crippen LogP) is 6.69. The number of carbonyl (C=O) groups excluding carboxylic acids is 2. The van der Waals surface area contributed by atoms with Crippen LogP contribution in [0.25, 0.3) is 22.4 Å². The van der Waals surface area contributed by atoms with Gasteiger partial charge in [0.25, 0.3) is 5.91 Å². The van der Waals surface area contributed by atoms with E-state index < -0.39 is 0 Å². The Labute approximate surface area is 202 Å². The third-order valence-electron chi connectivity index (χ3n) is 6.39. The van der Waals surface area contributed by atoms with Gasteiger partial charge in [0, 0.05) is 28.8 Å². The number of hydrogen-bond acceptors (Lipinski definition) is 3. The van der Waals surface area contributed by atoms with Gasteiger partial charge in [0.05, 0.1) is 11.0 Å². The SMILES string of the molecule is CCC(C)NC(=O)c1ccc(-c2nc3ccc(NC(=O)C4CCCC4)cc3[nH]2)cc1.CCCC. The second kappa shape index (κ2) is 12.4. The van der Waals surface area contributed by atoms with Crippen LogP contribution in [0.1, 0.15) is 83.0 Å². The lowest BCUT2D eigenvalue weighted by Gasteiger charge is -2.11. The van der Waals surface area contributed by atoms with Crippen LogP contribution in [0.2, 0.25) is 0 Å². The largest absolute Gasteiger partial charge is 0.350 e. The quantitative estimate of drug-likeness (QED) is 0.365. The van der Waals surface area contributed by atoms with Gasteiger partial charge in [0.15, 0.2) is 0 Å². The number of unbranched alkanes of at least 4 members (excludes halogenated alkanes) is 1. The summed E-state index contributed by atoms with van der Waals surface area (Å²) in [5, 5.41) is 6.01. The molecule has 1 unspecified atom stereocenters. The molecular formula is C28H38N4O2. The van der Waals surface area contributed by atoms with Crippen LogP contribution in [-0.2, 0) is 4.79 Å². The molecule has 3 aromatic rings. The van der Waals surface area contributed by atoms with Crippen LogP contribution < -0.4 is 10.6 Å². The van der Waals surface area contributed by atoms with Crippen molar-refractivity contribution in [1.29, 1.82) is 0 Å². The molecule has 1 aliphatic carbocycles. The summed E-state index contributed by atoms with van der Waals surface area (Å²) in [6, 6.07) is 13.3. The second-order valence-corrected chi connectivity index (χ2v) is 9.15. The third kappa shape index (κ3) is 6.69. The lowest BCUT2D eigenvalue weighted by Crippen LogP contribution is -2.31. The standard InChI is InChI=1S/C24H28N4O2.C4H10/c1-3-15(2)25-23(29)18-10-8-16(9-11-18)22-27-20-13-12-19(14-21(20)28-22)26-24(30)17-6-4-5-7-17;1-3-4-2/h8-15,17H,3-7H2,1-2H3,(H,25,29)(H,26,30)(H,27,28);3-4H2,1-2H3. The first-order valence-electron chi connectivity index (χ1n) is 12.7. The number of H-pyrrole nitrogens is 1. The van der Waals surface area contributed by atoms with E-state index in [1.807, 2.05) is 56.3 Å². The number of fused-ring (bicyclic) bond motifs is 1. The fourth-order valence-electron chi connectivity index (χ4n) is 3.85. The van der Waals surface area contributed by atoms with E-state index in [1.54, 1.807) is 0 Å². The average molecular weight is 463 g/mol. The maximum Gasteiger partial charge on any atom is 0.251 e. The van der Waals surface area contributed by atoms with Crippen molar-refractivity contribution in [2.24, 2.45) is 5.92 Å². The summed E-state index contributed by atoms with van der Waals surface area (Å²) in [6.07, 6.45) is 7.77. The van der Waals surface area contributed by atoms with Crippen LogP contribution in [0.5, 0.6) is 0 Å². The number of aromatic nitrogens is 2. The van der Waals surface area contributed by atoms with Crippen molar-refractivity contribution in [3.63, 3.8) is 0 Å². The lowest BCUT2D eigenvalue weighted by molar-refractivity contribution is -0.119. The number of aromatic amines is 1. The summed E-state index contributed by atoms with van der Waals surface area (Å²) in [6.45, 7) is 8.40. The topological polar surface area (TPSA) is 86.9 Å². The van der Waals surface area contributed by atoms with Crippen molar-refractivity contribution in [2.75, 3.05) is 5.32 Å². The maximum atomic E-state index is 12.4. The molecular weight excluding hydrogens is 424 g/mol. The molecule has 0 radical (unpaired) electrons. The molecule has 3 N–H and O–H groups in total. The van der Waals surface area contributed by atoms with Gasteiger partial charge in [0.2, 0.25) is 5.91 Å². The molecule has 0 saturated heterocycles. The first kappa shape index (κ1) is 25.5. The summed E-state index contributed by atoms with van der Waals surface area (Å²) in [5.41, 5.74) is 4.02. The number of carbonyl (C=O) groups is 2. The van der Waals surface area contributed by atoms with Crippen LogP contribution in [0.3, 0.4) is 0 Å². The van der Waals surface area contributed by atoms with E-state index in [4.69, 9.17) is 0 Å². The van der Waals surface area contributed by atoms with Crippen LogP contribution in [-0.4, -0.2) is 27.8 Å². The Balaban J connectivity index is 0.000000751. The van der Waals surface area contributed by atoms with Gasteiger partial charge in [-0.05, 0) is 56.5 Å². The molecule has 1 heterocycles. The average Bonchev–Trinajstić information content (AvgIpc) is 3.54. The van der Waals surface area contributed by atoms with E-state index in [0.29, 0.717) is 5.56 Å². The highest BCUT2D eigenvalue weighted by atomic mass is 16.2. The predicted molar refractivity (Wildman–Crippen MR) is 140 cm³/mol. The first-order chi connectivity index (χ1) is 16.4. The van der Waals surface area contributed by atoms with Gasteiger partial charge in [-0.3, -0.25) is 9.59 Å². The Bertz CT molecular complexity index is 1080. The maximum absolute atomic E-state index is 12.4. The van der Waals surface area contributed by atoms with E-state index in [1.165, 1.54) is 12.8 Å². The molecule has 6 nitrogen and oxygen atoms in total. The van der Waals surface area contributed by atoms with Crippen molar-refractivity contribution < 1.29 is 9.59 Å². The summed E-state index contributed by atoms with van der Waals surface area (Å²) in [4.78, 5) is 32.6. The molecule has 34 heavy (non-hydrogen) atoms. The van der Waals surface area contributed by atoms with E-state index in [-0.39, 0.29) is 23.8 Å². The van der Waals surface area contributed by atoms with Gasteiger partial charge < -0.3 is 15.6 Å². The molecule has 1 saturated carbocycles. The van der Waals surface area contributed by atoms with Gasteiger partial charge in [-0.25, -0.2) is 4.98 Å². The van der Waals surface area contributed by atoms with Crippen LogP contribution in [0, 0.1) is 5.92 Å². The van der Waals surface area contributed by atoms with E-state index in [2.05, 4.69) is 34.4 Å². The Morgan fingerprint density at radius 2 is 1.71 bits per heavy atom. The minimum atomic E-state index is -0.0665. The zero-order valence-electron chi connectivity index (χ0n) is 20.9. The van der Waals surface area contributed by atoms with Crippen molar-refractivity contribution in [3.8, 4) is 11.4 Å². The number of anilines is 1. The zero-order chi connectivity index (χ0) is 24.5. The summed E-state index contributed by atoms with van der Waals surface area (Å²) < 4.78 is 0. The fraction of sp³-hybridized carbons (Fsp3) is 0.464. The molecule has 2 amide bonds. The number of rotatable bonds is 7. The number of hydrogen-bond donors (Lipinski definition) is 3. The lowest BCUT2D eigenvalue weighted by atomic mass is 10.1. The second-order valence-electron chi connectivity index (χ2n) is 9.15. The molecule has 1 aliphatic rings. The van der Waals surface area contributed by atoms with Crippen LogP contribution in [0.15, 0.2) is 42.5 Å². The molecule has 1 atom stereocenters. The highest BCUT2D eigenvalue weighted by Gasteiger charge is 2.22. The van der Waals surface area contributed by atoms with E-state index >= 15 is 0 Å². The molecule has 4 rings (SSSR count). The highest BCUT2D eigenvalue weighted by Crippen LogP contribution is 2.27. The molecule has 0 aliphatic heterocycles. The number of nitrogens with zero attached hydrogens (tertiary/aromatic N) is 1. The van der Waals surface area contributed by atoms with E-state index in [9.17, 15) is 9.59 Å². The van der Waals surface area contributed by atoms with Gasteiger partial charge in [-0.15, -0.1) is 0 Å². The summed E-state index contributed by atoms with van der Waals surface area (Å²) in [5.74, 6) is 0.910. The van der Waals surface area contributed by atoms with Crippen molar-refractivity contribution >= 4 is 28.5 Å². The van der Waals surface area contributed by atoms with Gasteiger partial charge in [-0.2, -0.15) is 0 Å². The molecule has 1 fully saturated rings. The van der Waals surface area contributed by atoms with Gasteiger partial charge >= 0.3 is 0 Å². The smallest absolute Gasteiger partial charge is 0.251 e. The fourth-order valence-corrected chi connectivity index (χ4v) is 3.85. The highest BCUT2D eigenvalue weighted by molar-refractivity contribution is 5.96. The Kier molecular flexibility index (Phi) is 9.25. The summed E-state index contributed by atoms with van der Waals surface area (Å²) >= 11 is 0. The van der Waals surface area contributed by atoms with Crippen LogP contribution in [0.4, 0.5) is 5.69 Å². The molecule has 2 aromatic carbocycles. The molecule has 182 valence electrons.